The minimum Gasteiger partial charge on any atom is -0.497 e. The SMILES string of the molecule is COc1ccc(F)c([C@@H]2NC(=O)C[C@H]2NC(=O)C(C)(F)F)c1. The Morgan fingerprint density at radius 1 is 1.45 bits per heavy atom. The summed E-state index contributed by atoms with van der Waals surface area (Å²) in [7, 11) is 1.39. The minimum absolute atomic E-state index is 0.0647. The zero-order valence-electron chi connectivity index (χ0n) is 12.0. The van der Waals surface area contributed by atoms with E-state index in [1.165, 1.54) is 19.2 Å². The molecule has 0 radical (unpaired) electrons. The Morgan fingerprint density at radius 3 is 2.73 bits per heavy atom. The molecule has 1 saturated heterocycles. The van der Waals surface area contributed by atoms with E-state index < -0.39 is 35.6 Å². The van der Waals surface area contributed by atoms with E-state index in [0.29, 0.717) is 12.7 Å². The molecule has 1 aliphatic heterocycles. The maximum absolute atomic E-state index is 14.0. The number of nitrogens with one attached hydrogen (secondary N) is 2. The summed E-state index contributed by atoms with van der Waals surface area (Å²) in [6.07, 6.45) is -0.205. The number of rotatable bonds is 4. The summed E-state index contributed by atoms with van der Waals surface area (Å²) >= 11 is 0. The van der Waals surface area contributed by atoms with Crippen LogP contribution in [0.1, 0.15) is 24.9 Å². The first kappa shape index (κ1) is 16.1. The number of hydrogen-bond acceptors (Lipinski definition) is 3. The van der Waals surface area contributed by atoms with Crippen molar-refractivity contribution in [3.8, 4) is 5.75 Å². The Bertz CT molecular complexity index is 601. The van der Waals surface area contributed by atoms with E-state index in [1.54, 1.807) is 0 Å². The van der Waals surface area contributed by atoms with Crippen molar-refractivity contribution >= 4 is 11.8 Å². The second-order valence-electron chi connectivity index (χ2n) is 5.11. The van der Waals surface area contributed by atoms with Gasteiger partial charge in [-0.15, -0.1) is 0 Å². The van der Waals surface area contributed by atoms with Crippen molar-refractivity contribution in [2.24, 2.45) is 0 Å². The van der Waals surface area contributed by atoms with Gasteiger partial charge in [-0.3, -0.25) is 9.59 Å². The average Bonchev–Trinajstić information content (AvgIpc) is 2.79. The first-order valence-corrected chi connectivity index (χ1v) is 6.54. The fourth-order valence-electron chi connectivity index (χ4n) is 2.26. The number of methoxy groups -OCH3 is 1. The van der Waals surface area contributed by atoms with E-state index in [2.05, 4.69) is 10.6 Å². The molecule has 22 heavy (non-hydrogen) atoms. The van der Waals surface area contributed by atoms with E-state index in [0.717, 1.165) is 6.07 Å². The normalized spacial score (nSPS) is 21.4. The maximum atomic E-state index is 14.0. The Balaban J connectivity index is 2.28. The zero-order chi connectivity index (χ0) is 16.5. The fourth-order valence-corrected chi connectivity index (χ4v) is 2.26. The smallest absolute Gasteiger partial charge is 0.321 e. The Hall–Kier alpha value is -2.25. The van der Waals surface area contributed by atoms with Crippen LogP contribution < -0.4 is 15.4 Å². The summed E-state index contributed by atoms with van der Waals surface area (Å²) < 4.78 is 44.9. The molecule has 1 aromatic rings. The molecule has 0 bridgehead atoms. The molecule has 1 heterocycles. The third-order valence-corrected chi connectivity index (χ3v) is 3.38. The third-order valence-electron chi connectivity index (χ3n) is 3.38. The lowest BCUT2D eigenvalue weighted by molar-refractivity contribution is -0.143. The van der Waals surface area contributed by atoms with Gasteiger partial charge >= 0.3 is 5.92 Å². The molecule has 0 unspecified atom stereocenters. The highest BCUT2D eigenvalue weighted by Crippen LogP contribution is 2.30. The monoisotopic (exact) mass is 316 g/mol. The van der Waals surface area contributed by atoms with Crippen LogP contribution >= 0.6 is 0 Å². The molecule has 0 saturated carbocycles. The predicted molar refractivity (Wildman–Crippen MR) is 71.0 cm³/mol. The second kappa shape index (κ2) is 5.86. The predicted octanol–water partition coefficient (Wildman–Crippen LogP) is 1.54. The van der Waals surface area contributed by atoms with Gasteiger partial charge in [0.05, 0.1) is 19.2 Å². The average molecular weight is 316 g/mol. The van der Waals surface area contributed by atoms with E-state index >= 15 is 0 Å². The van der Waals surface area contributed by atoms with Crippen LogP contribution in [0.25, 0.3) is 0 Å². The molecule has 120 valence electrons. The molecule has 8 heteroatoms. The summed E-state index contributed by atoms with van der Waals surface area (Å²) in [4.78, 5) is 22.9. The van der Waals surface area contributed by atoms with Crippen molar-refractivity contribution in [1.29, 1.82) is 0 Å². The molecule has 2 atom stereocenters. The first-order valence-electron chi connectivity index (χ1n) is 6.54. The second-order valence-corrected chi connectivity index (χ2v) is 5.11. The summed E-state index contributed by atoms with van der Waals surface area (Å²) in [6, 6.07) is 1.99. The molecule has 2 amide bonds. The standard InChI is InChI=1S/C14H15F3N2O3/c1-14(16,17)13(21)18-10-6-11(20)19-12(10)8-5-7(22-2)3-4-9(8)15/h3-5,10,12H,6H2,1-2H3,(H,18,21)(H,19,20)/t10-,12+/m1/s1. The van der Waals surface area contributed by atoms with Gasteiger partial charge in [-0.05, 0) is 18.2 Å². The molecule has 2 N–H and O–H groups in total. The molecule has 0 aliphatic carbocycles. The van der Waals surface area contributed by atoms with Gasteiger partial charge in [-0.1, -0.05) is 0 Å². The van der Waals surface area contributed by atoms with Crippen molar-refractivity contribution in [2.75, 3.05) is 7.11 Å². The van der Waals surface area contributed by atoms with Gasteiger partial charge in [0.2, 0.25) is 5.91 Å². The Kier molecular flexibility index (Phi) is 4.30. The van der Waals surface area contributed by atoms with Crippen molar-refractivity contribution < 1.29 is 27.5 Å². The zero-order valence-corrected chi connectivity index (χ0v) is 12.0. The molecular weight excluding hydrogens is 301 g/mol. The molecule has 1 aliphatic rings. The Labute approximate surface area is 124 Å². The largest absolute Gasteiger partial charge is 0.497 e. The van der Waals surface area contributed by atoms with Crippen molar-refractivity contribution in [3.05, 3.63) is 29.6 Å². The number of hydrogen-bond donors (Lipinski definition) is 2. The van der Waals surface area contributed by atoms with Crippen LogP contribution in [0.15, 0.2) is 18.2 Å². The van der Waals surface area contributed by atoms with E-state index in [1.807, 2.05) is 0 Å². The van der Waals surface area contributed by atoms with Crippen molar-refractivity contribution in [1.82, 2.24) is 10.6 Å². The summed E-state index contributed by atoms with van der Waals surface area (Å²) in [5, 5.41) is 4.56. The Morgan fingerprint density at radius 2 is 2.14 bits per heavy atom. The molecule has 0 aromatic heterocycles. The lowest BCUT2D eigenvalue weighted by Gasteiger charge is -2.22. The lowest BCUT2D eigenvalue weighted by atomic mass is 9.99. The van der Waals surface area contributed by atoms with Gasteiger partial charge in [0.1, 0.15) is 11.6 Å². The number of carbonyl (C=O) groups excluding carboxylic acids is 2. The van der Waals surface area contributed by atoms with E-state index in [-0.39, 0.29) is 12.0 Å². The van der Waals surface area contributed by atoms with Gasteiger partial charge in [0.15, 0.2) is 0 Å². The number of benzene rings is 1. The number of amides is 2. The first-order chi connectivity index (χ1) is 10.2. The maximum Gasteiger partial charge on any atom is 0.321 e. The fraction of sp³-hybridized carbons (Fsp3) is 0.429. The van der Waals surface area contributed by atoms with Crippen LogP contribution in [0.4, 0.5) is 13.2 Å². The van der Waals surface area contributed by atoms with Crippen LogP contribution in [0.5, 0.6) is 5.75 Å². The van der Waals surface area contributed by atoms with Crippen LogP contribution in [0.3, 0.4) is 0 Å². The number of ether oxygens (including phenoxy) is 1. The van der Waals surface area contributed by atoms with Crippen LogP contribution in [-0.2, 0) is 9.59 Å². The molecular formula is C14H15F3N2O3. The summed E-state index contributed by atoms with van der Waals surface area (Å²) in [5.74, 6) is -5.83. The van der Waals surface area contributed by atoms with Crippen molar-refractivity contribution in [2.45, 2.75) is 31.4 Å². The molecule has 2 rings (SSSR count). The number of carbonyl (C=O) groups is 2. The van der Waals surface area contributed by atoms with Gasteiger partial charge < -0.3 is 15.4 Å². The van der Waals surface area contributed by atoms with Gasteiger partial charge in [0, 0.05) is 18.9 Å². The molecule has 1 fully saturated rings. The van der Waals surface area contributed by atoms with Crippen LogP contribution in [0.2, 0.25) is 0 Å². The van der Waals surface area contributed by atoms with Gasteiger partial charge in [-0.25, -0.2) is 4.39 Å². The summed E-state index contributed by atoms with van der Waals surface area (Å²) in [5.41, 5.74) is 0.0647. The minimum atomic E-state index is -3.58. The highest BCUT2D eigenvalue weighted by Gasteiger charge is 2.40. The molecule has 0 spiro atoms. The lowest BCUT2D eigenvalue weighted by Crippen LogP contribution is -2.45. The number of halogens is 3. The van der Waals surface area contributed by atoms with Gasteiger partial charge in [-0.2, -0.15) is 8.78 Å². The molecule has 5 nitrogen and oxygen atoms in total. The number of alkyl halides is 2. The summed E-state index contributed by atoms with van der Waals surface area (Å²) in [6.45, 7) is 0.452. The topological polar surface area (TPSA) is 67.4 Å². The quantitative estimate of drug-likeness (QED) is 0.885. The molecule has 1 aromatic carbocycles. The third kappa shape index (κ3) is 3.32. The van der Waals surface area contributed by atoms with E-state index in [4.69, 9.17) is 4.74 Å². The van der Waals surface area contributed by atoms with Crippen LogP contribution in [0, 0.1) is 5.82 Å². The van der Waals surface area contributed by atoms with Crippen LogP contribution in [-0.4, -0.2) is 30.9 Å². The highest BCUT2D eigenvalue weighted by molar-refractivity contribution is 5.86. The highest BCUT2D eigenvalue weighted by atomic mass is 19.3. The van der Waals surface area contributed by atoms with E-state index in [9.17, 15) is 22.8 Å². The van der Waals surface area contributed by atoms with Crippen molar-refractivity contribution in [3.63, 3.8) is 0 Å². The van der Waals surface area contributed by atoms with Gasteiger partial charge in [0.25, 0.3) is 5.91 Å².